The lowest BCUT2D eigenvalue weighted by molar-refractivity contribution is 0.637. The minimum absolute atomic E-state index is 0.555. The van der Waals surface area contributed by atoms with Crippen LogP contribution in [0.15, 0.2) is 50.1 Å². The third-order valence-electron chi connectivity index (χ3n) is 4.41. The van der Waals surface area contributed by atoms with Gasteiger partial charge >= 0.3 is 0 Å². The van der Waals surface area contributed by atoms with Crippen molar-refractivity contribution in [3.05, 3.63) is 83.5 Å². The lowest BCUT2D eigenvalue weighted by atomic mass is 9.90. The highest BCUT2D eigenvalue weighted by Crippen LogP contribution is 2.36. The highest BCUT2D eigenvalue weighted by molar-refractivity contribution is 7.75. The number of hydrogen-bond donors (Lipinski definition) is 2. The molecule has 140 valence electrons. The topological polar surface area (TPSA) is 18.5 Å². The number of rotatable bonds is 9. The van der Waals surface area contributed by atoms with Crippen molar-refractivity contribution in [2.75, 3.05) is 0 Å². The second-order valence-electron chi connectivity index (χ2n) is 5.87. The maximum atomic E-state index is 5.36. The fraction of sp³-hybridized carbons (Fsp3) is 0.130. The average molecular weight is 397 g/mol. The molecule has 2 aromatic rings. The molecule has 0 heterocycles. The van der Waals surface area contributed by atoms with E-state index in [0.29, 0.717) is 17.9 Å². The molecule has 0 aromatic heterocycles. The van der Waals surface area contributed by atoms with Crippen molar-refractivity contribution in [1.82, 2.24) is 0 Å². The van der Waals surface area contributed by atoms with Crippen LogP contribution < -0.4 is 8.37 Å². The molecule has 4 heteroatoms. The van der Waals surface area contributed by atoms with E-state index in [0.717, 1.165) is 39.8 Å². The smallest absolute Gasteiger partial charge is 0.141 e. The highest BCUT2D eigenvalue weighted by Gasteiger charge is 2.18. The Morgan fingerprint density at radius 2 is 1.33 bits per heavy atom. The molecular weight excluding hydrogens is 372 g/mol. The van der Waals surface area contributed by atoms with E-state index in [4.69, 9.17) is 8.37 Å². The Bertz CT molecular complexity index is 882. The standard InChI is InChI=1S/C23H24O2S2/c1-5-9-10-19-17(7-3)12-14-23(25-27)21(19)15-20-18(8-4)16(6-2)11-13-22(20)24-26/h6-14,26-27H,2-5,15H2,1H3/b10-9-. The summed E-state index contributed by atoms with van der Waals surface area (Å²) in [6.07, 6.45) is 11.1. The normalized spacial score (nSPS) is 10.6. The quantitative estimate of drug-likeness (QED) is 0.348. The Morgan fingerprint density at radius 3 is 1.78 bits per heavy atom. The van der Waals surface area contributed by atoms with E-state index in [1.807, 2.05) is 36.4 Å². The molecule has 27 heavy (non-hydrogen) atoms. The first-order chi connectivity index (χ1) is 13.1. The van der Waals surface area contributed by atoms with Crippen LogP contribution in [0, 0.1) is 0 Å². The molecule has 0 aliphatic carbocycles. The van der Waals surface area contributed by atoms with E-state index in [1.165, 1.54) is 0 Å². The van der Waals surface area contributed by atoms with Gasteiger partial charge in [-0.1, -0.05) is 69.2 Å². The zero-order chi connectivity index (χ0) is 19.8. The Hall–Kier alpha value is -2.30. The Labute approximate surface area is 173 Å². The first-order valence-electron chi connectivity index (χ1n) is 8.63. The maximum absolute atomic E-state index is 5.36. The van der Waals surface area contributed by atoms with E-state index in [9.17, 15) is 0 Å². The number of hydrogen-bond acceptors (Lipinski definition) is 4. The molecule has 2 rings (SSSR count). The Morgan fingerprint density at radius 1 is 0.815 bits per heavy atom. The van der Waals surface area contributed by atoms with E-state index in [-0.39, 0.29) is 0 Å². The third-order valence-corrected chi connectivity index (χ3v) is 4.80. The lowest BCUT2D eigenvalue weighted by Gasteiger charge is -2.18. The van der Waals surface area contributed by atoms with Gasteiger partial charge in [-0.15, -0.1) is 0 Å². The van der Waals surface area contributed by atoms with Crippen molar-refractivity contribution in [2.24, 2.45) is 0 Å². The van der Waals surface area contributed by atoms with Gasteiger partial charge in [-0.05, 0) is 40.8 Å². The molecule has 2 aromatic carbocycles. The third kappa shape index (κ3) is 4.52. The van der Waals surface area contributed by atoms with Crippen LogP contribution in [0.25, 0.3) is 24.3 Å². The maximum Gasteiger partial charge on any atom is 0.141 e. The molecular formula is C23H24O2S2. The summed E-state index contributed by atoms with van der Waals surface area (Å²) in [6, 6.07) is 7.69. The number of thiol groups is 2. The van der Waals surface area contributed by atoms with Crippen LogP contribution in [0.3, 0.4) is 0 Å². The van der Waals surface area contributed by atoms with Gasteiger partial charge in [0.25, 0.3) is 0 Å². The van der Waals surface area contributed by atoms with Crippen molar-refractivity contribution in [1.29, 1.82) is 0 Å². The monoisotopic (exact) mass is 396 g/mol. The predicted molar refractivity (Wildman–Crippen MR) is 125 cm³/mol. The molecule has 0 fully saturated rings. The fourth-order valence-electron chi connectivity index (χ4n) is 3.07. The molecule has 0 radical (unpaired) electrons. The first-order valence-corrected chi connectivity index (χ1v) is 9.36. The van der Waals surface area contributed by atoms with Crippen molar-refractivity contribution in [2.45, 2.75) is 19.8 Å². The summed E-state index contributed by atoms with van der Waals surface area (Å²) in [5, 5.41) is 0. The Balaban J connectivity index is 2.76. The van der Waals surface area contributed by atoms with Crippen LogP contribution >= 0.6 is 25.8 Å². The summed E-state index contributed by atoms with van der Waals surface area (Å²) in [7, 11) is 0. The van der Waals surface area contributed by atoms with Gasteiger partial charge in [0.2, 0.25) is 0 Å². The predicted octanol–water partition coefficient (Wildman–Crippen LogP) is 7.08. The summed E-state index contributed by atoms with van der Waals surface area (Å²) in [5.74, 6) is 1.35. The molecule has 0 saturated heterocycles. The van der Waals surface area contributed by atoms with E-state index in [1.54, 1.807) is 6.08 Å². The largest absolute Gasteiger partial charge is 0.429 e. The molecule has 2 nitrogen and oxygen atoms in total. The number of allylic oxidation sites excluding steroid dienone is 1. The minimum atomic E-state index is 0.555. The van der Waals surface area contributed by atoms with Crippen molar-refractivity contribution < 1.29 is 8.37 Å². The summed E-state index contributed by atoms with van der Waals surface area (Å²) in [5.41, 5.74) is 5.95. The number of benzene rings is 2. The van der Waals surface area contributed by atoms with Gasteiger partial charge in [0.1, 0.15) is 11.5 Å². The first kappa shape index (κ1) is 21.0. The van der Waals surface area contributed by atoms with Crippen LogP contribution in [0.1, 0.15) is 46.7 Å². The van der Waals surface area contributed by atoms with Gasteiger partial charge in [-0.2, -0.15) is 0 Å². The van der Waals surface area contributed by atoms with Gasteiger partial charge in [0, 0.05) is 43.4 Å². The molecule has 0 amide bonds. The lowest BCUT2D eigenvalue weighted by Crippen LogP contribution is -2.02. The molecule has 0 bridgehead atoms. The van der Waals surface area contributed by atoms with Crippen LogP contribution in [0.5, 0.6) is 11.5 Å². The van der Waals surface area contributed by atoms with Gasteiger partial charge < -0.3 is 8.37 Å². The van der Waals surface area contributed by atoms with Crippen molar-refractivity contribution in [3.8, 4) is 11.5 Å². The van der Waals surface area contributed by atoms with Gasteiger partial charge in [-0.25, -0.2) is 0 Å². The average Bonchev–Trinajstić information content (AvgIpc) is 2.71. The molecule has 0 saturated carbocycles. The van der Waals surface area contributed by atoms with Crippen LogP contribution in [-0.2, 0) is 6.42 Å². The van der Waals surface area contributed by atoms with Crippen LogP contribution in [0.2, 0.25) is 0 Å². The summed E-state index contributed by atoms with van der Waals surface area (Å²) < 4.78 is 10.7. The van der Waals surface area contributed by atoms with Gasteiger partial charge in [0.15, 0.2) is 0 Å². The zero-order valence-electron chi connectivity index (χ0n) is 15.4. The molecule has 0 N–H and O–H groups in total. The molecule has 0 unspecified atom stereocenters. The van der Waals surface area contributed by atoms with E-state index in [2.05, 4.69) is 64.6 Å². The second-order valence-corrected chi connectivity index (χ2v) is 6.24. The van der Waals surface area contributed by atoms with E-state index < -0.39 is 0 Å². The van der Waals surface area contributed by atoms with E-state index >= 15 is 0 Å². The van der Waals surface area contributed by atoms with Crippen molar-refractivity contribution >= 4 is 50.1 Å². The zero-order valence-corrected chi connectivity index (χ0v) is 17.2. The highest BCUT2D eigenvalue weighted by atomic mass is 32.1. The second kappa shape index (κ2) is 10.1. The summed E-state index contributed by atoms with van der Waals surface area (Å²) in [4.78, 5) is 0. The minimum Gasteiger partial charge on any atom is -0.429 e. The van der Waals surface area contributed by atoms with Crippen LogP contribution in [0.4, 0.5) is 0 Å². The fourth-order valence-corrected chi connectivity index (χ4v) is 3.41. The summed E-state index contributed by atoms with van der Waals surface area (Å²) >= 11 is 8.08. The van der Waals surface area contributed by atoms with Crippen LogP contribution in [-0.4, -0.2) is 0 Å². The van der Waals surface area contributed by atoms with Crippen molar-refractivity contribution in [3.63, 3.8) is 0 Å². The molecule has 0 atom stereocenters. The molecule has 0 aliphatic rings. The van der Waals surface area contributed by atoms with Gasteiger partial charge in [0.05, 0.1) is 0 Å². The molecule has 0 spiro atoms. The van der Waals surface area contributed by atoms with Gasteiger partial charge in [-0.3, -0.25) is 0 Å². The Kier molecular flexibility index (Phi) is 7.89. The SMILES string of the molecule is C=Cc1ccc(OS)c(Cc2c(OS)ccc(C=C)c2/C=C\CC)c1C=C. The summed E-state index contributed by atoms with van der Waals surface area (Å²) in [6.45, 7) is 13.9. The molecule has 0 aliphatic heterocycles.